The second-order valence-electron chi connectivity index (χ2n) is 4.66. The first kappa shape index (κ1) is 14.6. The molecule has 114 valence electrons. The Balaban J connectivity index is 1.75. The number of benzene rings is 1. The van der Waals surface area contributed by atoms with Crippen molar-refractivity contribution in [3.63, 3.8) is 0 Å². The van der Waals surface area contributed by atoms with Gasteiger partial charge in [-0.3, -0.25) is 0 Å². The maximum atomic E-state index is 13.2. The molecule has 0 bridgehead atoms. The maximum Gasteiger partial charge on any atom is 0.278 e. The van der Waals surface area contributed by atoms with Gasteiger partial charge in [0.15, 0.2) is 0 Å². The van der Waals surface area contributed by atoms with E-state index in [4.69, 9.17) is 20.8 Å². The van der Waals surface area contributed by atoms with Crippen molar-refractivity contribution in [2.75, 3.05) is 19.0 Å². The fourth-order valence-corrected chi connectivity index (χ4v) is 2.36. The molecule has 22 heavy (non-hydrogen) atoms. The lowest BCUT2D eigenvalue weighted by Gasteiger charge is -2.09. The third-order valence-corrected chi connectivity index (χ3v) is 3.43. The van der Waals surface area contributed by atoms with Crippen LogP contribution in [0.1, 0.15) is 5.56 Å². The molecule has 0 aliphatic heterocycles. The molecule has 0 aliphatic rings. The van der Waals surface area contributed by atoms with Gasteiger partial charge in [0.25, 0.3) is 6.01 Å². The number of methoxy groups -OCH3 is 1. The summed E-state index contributed by atoms with van der Waals surface area (Å²) in [4.78, 5) is 7.88. The Bertz CT molecular complexity index is 807. The summed E-state index contributed by atoms with van der Waals surface area (Å²) < 4.78 is 23.5. The molecule has 0 saturated heterocycles. The van der Waals surface area contributed by atoms with Crippen LogP contribution >= 0.6 is 11.6 Å². The normalized spacial score (nSPS) is 10.9. The second-order valence-corrected chi connectivity index (χ2v) is 5.04. The number of hydrogen-bond acceptors (Lipinski definition) is 5. The van der Waals surface area contributed by atoms with E-state index < -0.39 is 6.01 Å². The molecule has 2 heterocycles. The summed E-state index contributed by atoms with van der Waals surface area (Å²) in [5.41, 5.74) is 1.41. The molecule has 3 aromatic rings. The highest BCUT2D eigenvalue weighted by Crippen LogP contribution is 2.28. The summed E-state index contributed by atoms with van der Waals surface area (Å²) in [5.74, 6) is 1.33. The zero-order chi connectivity index (χ0) is 15.5. The molecule has 0 spiro atoms. The lowest BCUT2D eigenvalue weighted by molar-refractivity contribution is 0.380. The number of fused-ring (bicyclic) bond motifs is 1. The predicted molar refractivity (Wildman–Crippen MR) is 82.0 cm³/mol. The van der Waals surface area contributed by atoms with Gasteiger partial charge >= 0.3 is 0 Å². The number of furan rings is 1. The first-order valence-electron chi connectivity index (χ1n) is 6.63. The van der Waals surface area contributed by atoms with Gasteiger partial charge in [0, 0.05) is 24.1 Å². The zero-order valence-corrected chi connectivity index (χ0v) is 12.5. The third kappa shape index (κ3) is 3.12. The van der Waals surface area contributed by atoms with Crippen molar-refractivity contribution in [3.05, 3.63) is 47.3 Å². The van der Waals surface area contributed by atoms with Crippen molar-refractivity contribution in [3.8, 4) is 5.75 Å². The van der Waals surface area contributed by atoms with Crippen molar-refractivity contribution < 1.29 is 13.5 Å². The number of hydrogen-bond donors (Lipinski definition) is 1. The molecule has 2 aromatic heterocycles. The van der Waals surface area contributed by atoms with E-state index in [1.807, 2.05) is 0 Å². The van der Waals surface area contributed by atoms with E-state index in [1.165, 1.54) is 12.4 Å². The smallest absolute Gasteiger partial charge is 0.278 e. The van der Waals surface area contributed by atoms with Gasteiger partial charge in [-0.1, -0.05) is 11.6 Å². The van der Waals surface area contributed by atoms with Gasteiger partial charge in [-0.15, -0.1) is 0 Å². The fourth-order valence-electron chi connectivity index (χ4n) is 2.22. The van der Waals surface area contributed by atoms with E-state index in [0.717, 1.165) is 5.56 Å². The SMILES string of the molecule is COc1cc2cc(F)oc2cc1CCNc1cc(Cl)ncn1. The van der Waals surface area contributed by atoms with E-state index in [2.05, 4.69) is 15.3 Å². The van der Waals surface area contributed by atoms with Gasteiger partial charge in [-0.05, 0) is 24.1 Å². The van der Waals surface area contributed by atoms with Crippen LogP contribution < -0.4 is 10.1 Å². The summed E-state index contributed by atoms with van der Waals surface area (Å²) in [6, 6.07) is 5.92. The van der Waals surface area contributed by atoms with E-state index in [-0.39, 0.29) is 0 Å². The van der Waals surface area contributed by atoms with Gasteiger partial charge < -0.3 is 14.5 Å². The number of nitrogens with zero attached hydrogens (tertiary/aromatic N) is 2. The standard InChI is InChI=1S/C15H13ClFN3O2/c1-21-11-5-10-6-14(17)22-12(10)4-9(11)2-3-18-15-7-13(16)19-8-20-15/h4-8H,2-3H2,1H3,(H,18,19,20). The lowest BCUT2D eigenvalue weighted by Crippen LogP contribution is -2.07. The highest BCUT2D eigenvalue weighted by Gasteiger charge is 2.10. The average molecular weight is 322 g/mol. The Hall–Kier alpha value is -2.34. The van der Waals surface area contributed by atoms with Crippen LogP contribution in [-0.2, 0) is 6.42 Å². The molecule has 0 aliphatic carbocycles. The second kappa shape index (κ2) is 6.19. The van der Waals surface area contributed by atoms with Gasteiger partial charge in [-0.2, -0.15) is 4.39 Å². The van der Waals surface area contributed by atoms with Crippen LogP contribution in [0.4, 0.5) is 10.2 Å². The van der Waals surface area contributed by atoms with Crippen molar-refractivity contribution in [1.82, 2.24) is 9.97 Å². The number of ether oxygens (including phenoxy) is 1. The number of aromatic nitrogens is 2. The highest BCUT2D eigenvalue weighted by molar-refractivity contribution is 6.29. The largest absolute Gasteiger partial charge is 0.496 e. The molecule has 0 atom stereocenters. The summed E-state index contributed by atoms with van der Waals surface area (Å²) in [6.07, 6.45) is 2.05. The maximum absolute atomic E-state index is 13.2. The Kier molecular flexibility index (Phi) is 4.11. The molecule has 0 saturated carbocycles. The van der Waals surface area contributed by atoms with Crippen molar-refractivity contribution >= 4 is 28.4 Å². The minimum Gasteiger partial charge on any atom is -0.496 e. The highest BCUT2D eigenvalue weighted by atomic mass is 35.5. The Labute approximate surface area is 131 Å². The number of nitrogens with one attached hydrogen (secondary N) is 1. The number of halogens is 2. The summed E-state index contributed by atoms with van der Waals surface area (Å²) in [6.45, 7) is 0.610. The summed E-state index contributed by atoms with van der Waals surface area (Å²) in [7, 11) is 1.58. The molecule has 3 rings (SSSR count). The molecular weight excluding hydrogens is 309 g/mol. The van der Waals surface area contributed by atoms with Crippen LogP contribution in [0.5, 0.6) is 5.75 Å². The van der Waals surface area contributed by atoms with Gasteiger partial charge in [0.05, 0.1) is 7.11 Å². The van der Waals surface area contributed by atoms with Crippen molar-refractivity contribution in [2.45, 2.75) is 6.42 Å². The van der Waals surface area contributed by atoms with Crippen LogP contribution in [0.25, 0.3) is 11.0 Å². The van der Waals surface area contributed by atoms with Crippen molar-refractivity contribution in [1.29, 1.82) is 0 Å². The van der Waals surface area contributed by atoms with Crippen LogP contribution in [0.3, 0.4) is 0 Å². The van der Waals surface area contributed by atoms with Crippen molar-refractivity contribution in [2.24, 2.45) is 0 Å². The molecular formula is C15H13ClFN3O2. The topological polar surface area (TPSA) is 60.2 Å². The molecule has 7 heteroatoms. The van der Waals surface area contributed by atoms with E-state index in [1.54, 1.807) is 25.3 Å². The molecule has 1 N–H and O–H groups in total. The Morgan fingerprint density at radius 3 is 2.91 bits per heavy atom. The van der Waals surface area contributed by atoms with Crippen LogP contribution in [0, 0.1) is 6.01 Å². The molecule has 1 aromatic carbocycles. The van der Waals surface area contributed by atoms with Crippen LogP contribution in [0.2, 0.25) is 5.15 Å². The quantitative estimate of drug-likeness (QED) is 0.726. The Morgan fingerprint density at radius 2 is 2.14 bits per heavy atom. The van der Waals surface area contributed by atoms with E-state index >= 15 is 0 Å². The third-order valence-electron chi connectivity index (χ3n) is 3.22. The van der Waals surface area contributed by atoms with Crippen LogP contribution in [0.15, 0.2) is 35.0 Å². The fraction of sp³-hybridized carbons (Fsp3) is 0.200. The predicted octanol–water partition coefficient (Wildman–Crippen LogP) is 3.68. The lowest BCUT2D eigenvalue weighted by atomic mass is 10.1. The molecule has 0 amide bonds. The number of rotatable bonds is 5. The van der Waals surface area contributed by atoms with Gasteiger partial charge in [0.2, 0.25) is 0 Å². The van der Waals surface area contributed by atoms with Gasteiger partial charge in [0.1, 0.15) is 28.6 Å². The molecule has 5 nitrogen and oxygen atoms in total. The van der Waals surface area contributed by atoms with Crippen LogP contribution in [-0.4, -0.2) is 23.6 Å². The first-order chi connectivity index (χ1) is 10.7. The molecule has 0 unspecified atom stereocenters. The van der Waals surface area contributed by atoms with E-state index in [9.17, 15) is 4.39 Å². The average Bonchev–Trinajstić information content (AvgIpc) is 2.85. The summed E-state index contributed by atoms with van der Waals surface area (Å²) >= 11 is 5.80. The Morgan fingerprint density at radius 1 is 1.27 bits per heavy atom. The van der Waals surface area contributed by atoms with Gasteiger partial charge in [-0.25, -0.2) is 9.97 Å². The molecule has 0 radical (unpaired) electrons. The molecule has 0 fully saturated rings. The minimum absolute atomic E-state index is 0.377. The first-order valence-corrected chi connectivity index (χ1v) is 7.01. The minimum atomic E-state index is -0.608. The summed E-state index contributed by atoms with van der Waals surface area (Å²) in [5, 5.41) is 4.19. The monoisotopic (exact) mass is 321 g/mol. The number of anilines is 1. The zero-order valence-electron chi connectivity index (χ0n) is 11.8. The van der Waals surface area contributed by atoms with E-state index in [0.29, 0.717) is 40.7 Å².